The number of fused-ring (bicyclic) bond motifs is 1. The molecule has 2 aromatic carbocycles. The highest BCUT2D eigenvalue weighted by Crippen LogP contribution is 2.39. The molecular weight excluding hydrogens is 504 g/mol. The molecule has 40 heavy (non-hydrogen) atoms. The summed E-state index contributed by atoms with van der Waals surface area (Å²) in [6.45, 7) is 9.58. The lowest BCUT2D eigenvalue weighted by Crippen LogP contribution is -2.42. The van der Waals surface area contributed by atoms with Crippen LogP contribution in [0.5, 0.6) is 11.5 Å². The van der Waals surface area contributed by atoms with Crippen molar-refractivity contribution in [2.75, 3.05) is 82.2 Å². The Kier molecular flexibility index (Phi) is 10.4. The average Bonchev–Trinajstić information content (AvgIpc) is 3.69. The van der Waals surface area contributed by atoms with Gasteiger partial charge in [0.15, 0.2) is 5.75 Å². The van der Waals surface area contributed by atoms with Crippen LogP contribution in [0.4, 0.5) is 11.4 Å². The summed E-state index contributed by atoms with van der Waals surface area (Å²) in [7, 11) is 0. The molecule has 2 fully saturated rings. The van der Waals surface area contributed by atoms with Crippen molar-refractivity contribution in [2.45, 2.75) is 38.5 Å². The van der Waals surface area contributed by atoms with Crippen LogP contribution in [0.1, 0.15) is 37.7 Å². The van der Waals surface area contributed by atoms with Crippen molar-refractivity contribution < 1.29 is 14.3 Å². The van der Waals surface area contributed by atoms with Gasteiger partial charge in [0.25, 0.3) is 0 Å². The Morgan fingerprint density at radius 3 is 2.08 bits per heavy atom. The number of carbonyl (C=O) groups excluding carboxylic acids is 2. The van der Waals surface area contributed by atoms with E-state index in [-0.39, 0.29) is 11.8 Å². The number of hydrogen-bond acceptors (Lipinski definition) is 7. The van der Waals surface area contributed by atoms with Gasteiger partial charge in [-0.25, -0.2) is 0 Å². The molecule has 0 unspecified atom stereocenters. The summed E-state index contributed by atoms with van der Waals surface area (Å²) in [5.74, 6) is 1.36. The molecule has 3 N–H and O–H groups in total. The van der Waals surface area contributed by atoms with Gasteiger partial charge in [-0.3, -0.25) is 9.59 Å². The van der Waals surface area contributed by atoms with E-state index in [0.29, 0.717) is 31.1 Å². The van der Waals surface area contributed by atoms with E-state index in [2.05, 4.69) is 31.8 Å². The molecule has 0 atom stereocenters. The highest BCUT2D eigenvalue weighted by molar-refractivity contribution is 5.97. The molecule has 3 aliphatic heterocycles. The first-order chi connectivity index (χ1) is 19.7. The van der Waals surface area contributed by atoms with Crippen LogP contribution in [0.2, 0.25) is 0 Å². The molecule has 2 aromatic rings. The first kappa shape index (κ1) is 28.5. The molecular formula is C31H44N6O3. The lowest BCUT2D eigenvalue weighted by atomic mass is 10.0. The minimum absolute atomic E-state index is 0.0598. The van der Waals surface area contributed by atoms with E-state index in [1.807, 2.05) is 41.3 Å². The summed E-state index contributed by atoms with van der Waals surface area (Å²) in [5.41, 5.74) is 2.73. The second kappa shape index (κ2) is 14.6. The zero-order valence-corrected chi connectivity index (χ0v) is 23.6. The van der Waals surface area contributed by atoms with Crippen LogP contribution in [0.25, 0.3) is 0 Å². The van der Waals surface area contributed by atoms with Crippen molar-refractivity contribution in [1.82, 2.24) is 20.4 Å². The molecule has 9 nitrogen and oxygen atoms in total. The zero-order valence-electron chi connectivity index (χ0n) is 23.6. The van der Waals surface area contributed by atoms with Crippen molar-refractivity contribution in [2.24, 2.45) is 0 Å². The molecule has 0 bridgehead atoms. The number of amides is 2. The van der Waals surface area contributed by atoms with E-state index in [4.69, 9.17) is 4.74 Å². The number of ether oxygens (including phenoxy) is 1. The van der Waals surface area contributed by atoms with Crippen molar-refractivity contribution in [3.05, 3.63) is 48.0 Å². The van der Waals surface area contributed by atoms with Crippen LogP contribution in [0.3, 0.4) is 0 Å². The van der Waals surface area contributed by atoms with Gasteiger partial charge in [0, 0.05) is 38.4 Å². The van der Waals surface area contributed by atoms with Crippen LogP contribution < -0.4 is 25.6 Å². The number of para-hydroxylation sites is 1. The predicted molar refractivity (Wildman–Crippen MR) is 159 cm³/mol. The Balaban J connectivity index is 1.12. The number of nitrogens with zero attached hydrogens (tertiary/aromatic N) is 3. The van der Waals surface area contributed by atoms with E-state index in [1.54, 1.807) is 0 Å². The molecule has 9 heteroatoms. The summed E-state index contributed by atoms with van der Waals surface area (Å²) in [4.78, 5) is 32.3. The van der Waals surface area contributed by atoms with E-state index in [1.165, 1.54) is 51.9 Å². The third kappa shape index (κ3) is 8.04. The standard InChI is InChI=1S/C31H44N6O3/c38-29(23-32-14-21-35-16-1-2-17-35)34-26-10-12-27(13-11-26)40-28-9-5-7-25-8-6-20-37(31(25)28)30(39)24-33-15-22-36-18-3-4-19-36/h5,7,9-13,32-33H,1-4,6,8,14-24H2,(H,34,38). The molecule has 2 amide bonds. The van der Waals surface area contributed by atoms with Crippen molar-refractivity contribution in [3.63, 3.8) is 0 Å². The van der Waals surface area contributed by atoms with Gasteiger partial charge in [0.05, 0.1) is 18.8 Å². The molecule has 2 saturated heterocycles. The number of aryl methyl sites for hydroxylation is 1. The smallest absolute Gasteiger partial charge is 0.241 e. The topological polar surface area (TPSA) is 89.2 Å². The number of benzene rings is 2. The zero-order chi connectivity index (χ0) is 27.6. The first-order valence-electron chi connectivity index (χ1n) is 15.0. The Morgan fingerprint density at radius 1 is 0.750 bits per heavy atom. The highest BCUT2D eigenvalue weighted by Gasteiger charge is 2.26. The summed E-state index contributed by atoms with van der Waals surface area (Å²) < 4.78 is 6.29. The fraction of sp³-hybridized carbons (Fsp3) is 0.548. The molecule has 0 aromatic heterocycles. The molecule has 3 aliphatic rings. The minimum Gasteiger partial charge on any atom is -0.455 e. The highest BCUT2D eigenvalue weighted by atomic mass is 16.5. The van der Waals surface area contributed by atoms with Gasteiger partial charge in [-0.1, -0.05) is 12.1 Å². The number of anilines is 2. The maximum absolute atomic E-state index is 13.2. The van der Waals surface area contributed by atoms with Gasteiger partial charge in [0.1, 0.15) is 5.75 Å². The molecule has 0 aliphatic carbocycles. The van der Waals surface area contributed by atoms with Gasteiger partial charge < -0.3 is 35.4 Å². The fourth-order valence-electron chi connectivity index (χ4n) is 5.86. The van der Waals surface area contributed by atoms with Gasteiger partial charge in [0.2, 0.25) is 11.8 Å². The maximum atomic E-state index is 13.2. The third-order valence-corrected chi connectivity index (χ3v) is 8.02. The van der Waals surface area contributed by atoms with Gasteiger partial charge in [-0.2, -0.15) is 0 Å². The monoisotopic (exact) mass is 548 g/mol. The van der Waals surface area contributed by atoms with Gasteiger partial charge >= 0.3 is 0 Å². The molecule has 0 radical (unpaired) electrons. The molecule has 0 saturated carbocycles. The number of nitrogens with one attached hydrogen (secondary N) is 3. The van der Waals surface area contributed by atoms with Crippen molar-refractivity contribution in [1.29, 1.82) is 0 Å². The van der Waals surface area contributed by atoms with Crippen LogP contribution in [0, 0.1) is 0 Å². The third-order valence-electron chi connectivity index (χ3n) is 8.02. The van der Waals surface area contributed by atoms with Crippen molar-refractivity contribution >= 4 is 23.2 Å². The van der Waals surface area contributed by atoms with Crippen molar-refractivity contribution in [3.8, 4) is 11.5 Å². The largest absolute Gasteiger partial charge is 0.455 e. The van der Waals surface area contributed by atoms with E-state index in [0.717, 1.165) is 56.0 Å². The summed E-state index contributed by atoms with van der Waals surface area (Å²) in [6.07, 6.45) is 6.98. The molecule has 3 heterocycles. The number of carbonyl (C=O) groups is 2. The minimum atomic E-state index is -0.0598. The van der Waals surface area contributed by atoms with Gasteiger partial charge in [-0.15, -0.1) is 0 Å². The average molecular weight is 549 g/mol. The maximum Gasteiger partial charge on any atom is 0.241 e. The van der Waals surface area contributed by atoms with Crippen LogP contribution >= 0.6 is 0 Å². The van der Waals surface area contributed by atoms with Crippen LogP contribution in [0.15, 0.2) is 42.5 Å². The summed E-state index contributed by atoms with van der Waals surface area (Å²) >= 11 is 0. The Bertz CT molecular complexity index is 1110. The van der Waals surface area contributed by atoms with E-state index in [9.17, 15) is 9.59 Å². The van der Waals surface area contributed by atoms with Gasteiger partial charge in [-0.05, 0) is 101 Å². The molecule has 216 valence electrons. The predicted octanol–water partition coefficient (Wildman–Crippen LogP) is 3.07. The summed E-state index contributed by atoms with van der Waals surface area (Å²) in [6, 6.07) is 13.4. The second-order valence-electron chi connectivity index (χ2n) is 11.0. The SMILES string of the molecule is O=C(CNCCN1CCCC1)Nc1ccc(Oc2cccc3c2N(C(=O)CNCCN2CCCC2)CCC3)cc1. The second-order valence-corrected chi connectivity index (χ2v) is 11.0. The Labute approximate surface area is 238 Å². The van der Waals surface area contributed by atoms with E-state index >= 15 is 0 Å². The Hall–Kier alpha value is -2.98. The van der Waals surface area contributed by atoms with Crippen LogP contribution in [-0.4, -0.2) is 93.6 Å². The lowest BCUT2D eigenvalue weighted by molar-refractivity contribution is -0.118. The lowest BCUT2D eigenvalue weighted by Gasteiger charge is -2.31. The number of hydrogen-bond donors (Lipinski definition) is 3. The fourth-order valence-corrected chi connectivity index (χ4v) is 5.86. The summed E-state index contributed by atoms with van der Waals surface area (Å²) in [5, 5.41) is 9.52. The normalized spacial score (nSPS) is 17.6. The molecule has 5 rings (SSSR count). The Morgan fingerprint density at radius 2 is 1.40 bits per heavy atom. The number of likely N-dealkylation sites (tertiary alicyclic amines) is 2. The van der Waals surface area contributed by atoms with Crippen LogP contribution in [-0.2, 0) is 16.0 Å². The molecule has 0 spiro atoms. The first-order valence-corrected chi connectivity index (χ1v) is 15.0. The quantitative estimate of drug-likeness (QED) is 0.332. The van der Waals surface area contributed by atoms with E-state index < -0.39 is 0 Å². The number of rotatable bonds is 13.